The van der Waals surface area contributed by atoms with E-state index in [1.807, 2.05) is 14.0 Å². The molecule has 0 spiro atoms. The molecule has 1 aromatic carbocycles. The fraction of sp³-hybridized carbons (Fsp3) is 0.571. The molecule has 116 valence electrons. The highest BCUT2D eigenvalue weighted by molar-refractivity contribution is 5.48. The van der Waals surface area contributed by atoms with Crippen LogP contribution in [0.4, 0.5) is 5.69 Å². The molecule has 21 heavy (non-hydrogen) atoms. The molecular weight excluding hydrogens is 276 g/mol. The third-order valence-electron chi connectivity index (χ3n) is 3.62. The average molecular weight is 296 g/mol. The first-order valence-corrected chi connectivity index (χ1v) is 6.88. The van der Waals surface area contributed by atoms with Gasteiger partial charge in [0.15, 0.2) is 11.5 Å². The van der Waals surface area contributed by atoms with Gasteiger partial charge in [-0.3, -0.25) is 10.1 Å². The zero-order valence-corrected chi connectivity index (χ0v) is 12.4. The van der Waals surface area contributed by atoms with Crippen molar-refractivity contribution in [1.29, 1.82) is 0 Å². The molecule has 1 N–H and O–H groups in total. The second kappa shape index (κ2) is 6.73. The molecule has 7 nitrogen and oxygen atoms in total. The molecule has 2 rings (SSSR count). The van der Waals surface area contributed by atoms with Gasteiger partial charge in [0.2, 0.25) is 0 Å². The third-order valence-corrected chi connectivity index (χ3v) is 3.62. The highest BCUT2D eigenvalue weighted by Gasteiger charge is 2.43. The summed E-state index contributed by atoms with van der Waals surface area (Å²) in [5.41, 5.74) is -0.0248. The SMILES string of the molecule is CCOC1C(NC)CC1Oc1cc([N+](=O)[O-])ccc1OC. The van der Waals surface area contributed by atoms with E-state index in [1.165, 1.54) is 25.3 Å². The number of benzene rings is 1. The number of non-ortho nitro benzene ring substituents is 1. The molecule has 1 saturated carbocycles. The van der Waals surface area contributed by atoms with Crippen molar-refractivity contribution in [2.45, 2.75) is 31.6 Å². The lowest BCUT2D eigenvalue weighted by molar-refractivity contribution is -0.385. The van der Waals surface area contributed by atoms with Gasteiger partial charge in [0.05, 0.1) is 18.1 Å². The Hall–Kier alpha value is -1.86. The first kappa shape index (κ1) is 15.5. The molecular formula is C14H20N2O5. The fourth-order valence-electron chi connectivity index (χ4n) is 2.43. The van der Waals surface area contributed by atoms with E-state index in [1.54, 1.807) is 0 Å². The minimum Gasteiger partial charge on any atom is -0.493 e. The minimum atomic E-state index is -0.455. The van der Waals surface area contributed by atoms with Crippen molar-refractivity contribution < 1.29 is 19.1 Å². The van der Waals surface area contributed by atoms with Crippen LogP contribution >= 0.6 is 0 Å². The number of nitrogens with one attached hydrogen (secondary N) is 1. The van der Waals surface area contributed by atoms with Crippen molar-refractivity contribution in [3.05, 3.63) is 28.3 Å². The summed E-state index contributed by atoms with van der Waals surface area (Å²) in [5.74, 6) is 0.847. The molecule has 1 fully saturated rings. The van der Waals surface area contributed by atoms with Crippen LogP contribution in [0.3, 0.4) is 0 Å². The Labute approximate surface area is 123 Å². The van der Waals surface area contributed by atoms with Crippen molar-refractivity contribution in [2.24, 2.45) is 0 Å². The molecule has 3 atom stereocenters. The van der Waals surface area contributed by atoms with Crippen molar-refractivity contribution in [3.8, 4) is 11.5 Å². The van der Waals surface area contributed by atoms with Crippen LogP contribution in [0.1, 0.15) is 13.3 Å². The van der Waals surface area contributed by atoms with Crippen LogP contribution < -0.4 is 14.8 Å². The number of likely N-dealkylation sites (N-methyl/N-ethyl adjacent to an activating group) is 1. The summed E-state index contributed by atoms with van der Waals surface area (Å²) < 4.78 is 16.7. The maximum Gasteiger partial charge on any atom is 0.273 e. The first-order chi connectivity index (χ1) is 10.1. The van der Waals surface area contributed by atoms with Gasteiger partial charge in [-0.1, -0.05) is 0 Å². The maximum absolute atomic E-state index is 10.9. The Balaban J connectivity index is 2.14. The van der Waals surface area contributed by atoms with E-state index in [0.717, 1.165) is 6.42 Å². The van der Waals surface area contributed by atoms with E-state index in [-0.39, 0.29) is 23.9 Å². The second-order valence-electron chi connectivity index (χ2n) is 4.80. The number of nitro benzene ring substituents is 1. The lowest BCUT2D eigenvalue weighted by Gasteiger charge is -2.43. The van der Waals surface area contributed by atoms with Crippen LogP contribution in [0.2, 0.25) is 0 Å². The van der Waals surface area contributed by atoms with Crippen LogP contribution in [0.25, 0.3) is 0 Å². The molecule has 7 heteroatoms. The summed E-state index contributed by atoms with van der Waals surface area (Å²) >= 11 is 0. The molecule has 1 aliphatic rings. The Morgan fingerprint density at radius 2 is 2.19 bits per heavy atom. The smallest absolute Gasteiger partial charge is 0.273 e. The molecule has 0 bridgehead atoms. The van der Waals surface area contributed by atoms with Crippen molar-refractivity contribution in [1.82, 2.24) is 5.32 Å². The number of hydrogen-bond acceptors (Lipinski definition) is 6. The Bertz CT molecular complexity index is 508. The Kier molecular flexibility index (Phi) is 4.98. The minimum absolute atomic E-state index is 0.0248. The number of nitrogens with zero attached hydrogens (tertiary/aromatic N) is 1. The molecule has 0 radical (unpaired) electrons. The van der Waals surface area contributed by atoms with Gasteiger partial charge in [0.1, 0.15) is 12.2 Å². The molecule has 0 aromatic heterocycles. The fourth-order valence-corrected chi connectivity index (χ4v) is 2.43. The summed E-state index contributed by atoms with van der Waals surface area (Å²) in [5, 5.41) is 14.0. The molecule has 3 unspecified atom stereocenters. The van der Waals surface area contributed by atoms with Gasteiger partial charge in [0.25, 0.3) is 5.69 Å². The summed E-state index contributed by atoms with van der Waals surface area (Å²) in [6.07, 6.45) is 0.579. The average Bonchev–Trinajstić information content (AvgIpc) is 2.48. The van der Waals surface area contributed by atoms with E-state index in [0.29, 0.717) is 18.1 Å². The van der Waals surface area contributed by atoms with Crippen LogP contribution in [0.15, 0.2) is 18.2 Å². The third kappa shape index (κ3) is 3.25. The van der Waals surface area contributed by atoms with Gasteiger partial charge < -0.3 is 19.5 Å². The number of hydrogen-bond donors (Lipinski definition) is 1. The highest BCUT2D eigenvalue weighted by atomic mass is 16.6. The number of rotatable bonds is 7. The lowest BCUT2D eigenvalue weighted by Crippen LogP contribution is -2.60. The summed E-state index contributed by atoms with van der Waals surface area (Å²) in [7, 11) is 3.38. The quantitative estimate of drug-likeness (QED) is 0.609. The van der Waals surface area contributed by atoms with Crippen LogP contribution in [-0.4, -0.2) is 43.9 Å². The molecule has 0 amide bonds. The van der Waals surface area contributed by atoms with Crippen molar-refractivity contribution >= 4 is 5.69 Å². The van der Waals surface area contributed by atoms with Gasteiger partial charge in [-0.25, -0.2) is 0 Å². The first-order valence-electron chi connectivity index (χ1n) is 6.88. The zero-order chi connectivity index (χ0) is 15.4. The van der Waals surface area contributed by atoms with E-state index >= 15 is 0 Å². The van der Waals surface area contributed by atoms with Gasteiger partial charge in [-0.15, -0.1) is 0 Å². The maximum atomic E-state index is 10.9. The highest BCUT2D eigenvalue weighted by Crippen LogP contribution is 2.36. The standard InChI is InChI=1S/C14H20N2O5/c1-4-20-14-10(15-2)8-13(14)21-12-7-9(16(17)18)5-6-11(12)19-3/h5-7,10,13-15H,4,8H2,1-3H3. The molecule has 0 heterocycles. The molecule has 0 aliphatic heterocycles. The molecule has 0 saturated heterocycles. The van der Waals surface area contributed by atoms with E-state index in [9.17, 15) is 10.1 Å². The van der Waals surface area contributed by atoms with Gasteiger partial charge in [-0.2, -0.15) is 0 Å². The number of methoxy groups -OCH3 is 1. The Morgan fingerprint density at radius 1 is 1.43 bits per heavy atom. The lowest BCUT2D eigenvalue weighted by atomic mass is 9.85. The summed E-state index contributed by atoms with van der Waals surface area (Å²) in [6.45, 7) is 2.52. The van der Waals surface area contributed by atoms with Crippen LogP contribution in [-0.2, 0) is 4.74 Å². The predicted octanol–water partition coefficient (Wildman–Crippen LogP) is 1.75. The summed E-state index contributed by atoms with van der Waals surface area (Å²) in [4.78, 5) is 10.4. The van der Waals surface area contributed by atoms with Crippen LogP contribution in [0, 0.1) is 10.1 Å². The van der Waals surface area contributed by atoms with E-state index in [4.69, 9.17) is 14.2 Å². The van der Waals surface area contributed by atoms with Crippen molar-refractivity contribution in [2.75, 3.05) is 20.8 Å². The summed E-state index contributed by atoms with van der Waals surface area (Å²) in [6, 6.07) is 4.55. The zero-order valence-electron chi connectivity index (χ0n) is 12.4. The molecule has 1 aromatic rings. The van der Waals surface area contributed by atoms with Crippen LogP contribution in [0.5, 0.6) is 11.5 Å². The predicted molar refractivity (Wildman–Crippen MR) is 76.9 cm³/mol. The topological polar surface area (TPSA) is 82.9 Å². The van der Waals surface area contributed by atoms with E-state index < -0.39 is 4.92 Å². The van der Waals surface area contributed by atoms with Crippen molar-refractivity contribution in [3.63, 3.8) is 0 Å². The van der Waals surface area contributed by atoms with Gasteiger partial charge in [-0.05, 0) is 20.0 Å². The Morgan fingerprint density at radius 3 is 2.76 bits per heavy atom. The number of nitro groups is 1. The largest absolute Gasteiger partial charge is 0.493 e. The van der Waals surface area contributed by atoms with Gasteiger partial charge >= 0.3 is 0 Å². The van der Waals surface area contributed by atoms with Gasteiger partial charge in [0, 0.05) is 25.1 Å². The second-order valence-corrected chi connectivity index (χ2v) is 4.80. The monoisotopic (exact) mass is 296 g/mol. The number of ether oxygens (including phenoxy) is 3. The molecule has 1 aliphatic carbocycles. The van der Waals surface area contributed by atoms with E-state index in [2.05, 4.69) is 5.32 Å². The normalized spacial score (nSPS) is 24.2.